The van der Waals surface area contributed by atoms with Crippen molar-refractivity contribution in [3.8, 4) is 0 Å². The average Bonchev–Trinajstić information content (AvgIpc) is 3.47. The van der Waals surface area contributed by atoms with E-state index in [1.54, 1.807) is 0 Å². The number of hydrogen-bond donors (Lipinski definition) is 2. The number of urea groups is 1. The molecule has 2 saturated carbocycles. The Balaban J connectivity index is 1.51. The van der Waals surface area contributed by atoms with Gasteiger partial charge in [0.15, 0.2) is 0 Å². The second-order valence-electron chi connectivity index (χ2n) is 7.83. The van der Waals surface area contributed by atoms with Crippen LogP contribution < -0.4 is 10.6 Å². The lowest BCUT2D eigenvalue weighted by molar-refractivity contribution is -0.121. The number of amides is 3. The van der Waals surface area contributed by atoms with Crippen molar-refractivity contribution in [3.63, 3.8) is 0 Å². The van der Waals surface area contributed by atoms with Gasteiger partial charge in [-0.1, -0.05) is 49.6 Å². The molecule has 2 N–H and O–H groups in total. The molecule has 0 saturated heterocycles. The predicted octanol–water partition coefficient (Wildman–Crippen LogP) is 3.45. The SMILES string of the molecule is CC(C1CC1)N(CC(=O)NC(=O)NC1CCCCC1)Cc1ccccc1. The van der Waals surface area contributed by atoms with E-state index in [0.29, 0.717) is 12.0 Å². The highest BCUT2D eigenvalue weighted by Gasteiger charge is 2.33. The van der Waals surface area contributed by atoms with Crippen molar-refractivity contribution in [3.05, 3.63) is 35.9 Å². The van der Waals surface area contributed by atoms with E-state index in [4.69, 9.17) is 0 Å². The second-order valence-corrected chi connectivity index (χ2v) is 7.83. The molecule has 0 heterocycles. The number of imide groups is 1. The van der Waals surface area contributed by atoms with Crippen molar-refractivity contribution in [2.75, 3.05) is 6.54 Å². The molecular formula is C21H31N3O2. The van der Waals surface area contributed by atoms with Crippen LogP contribution in [-0.2, 0) is 11.3 Å². The quantitative estimate of drug-likeness (QED) is 0.786. The summed E-state index contributed by atoms with van der Waals surface area (Å²) in [5, 5.41) is 5.47. The number of nitrogens with zero attached hydrogens (tertiary/aromatic N) is 1. The van der Waals surface area contributed by atoms with Crippen LogP contribution in [0.25, 0.3) is 0 Å². The zero-order valence-electron chi connectivity index (χ0n) is 15.7. The van der Waals surface area contributed by atoms with Crippen LogP contribution in [-0.4, -0.2) is 35.5 Å². The highest BCUT2D eigenvalue weighted by Crippen LogP contribution is 2.35. The summed E-state index contributed by atoms with van der Waals surface area (Å²) < 4.78 is 0. The molecular weight excluding hydrogens is 326 g/mol. The van der Waals surface area contributed by atoms with Gasteiger partial charge in [-0.05, 0) is 44.1 Å². The van der Waals surface area contributed by atoms with Gasteiger partial charge in [-0.25, -0.2) is 4.79 Å². The van der Waals surface area contributed by atoms with Crippen molar-refractivity contribution in [2.24, 2.45) is 5.92 Å². The van der Waals surface area contributed by atoms with E-state index in [-0.39, 0.29) is 24.5 Å². The van der Waals surface area contributed by atoms with E-state index in [2.05, 4.69) is 34.6 Å². The predicted molar refractivity (Wildman–Crippen MR) is 103 cm³/mol. The van der Waals surface area contributed by atoms with E-state index < -0.39 is 0 Å². The van der Waals surface area contributed by atoms with Crippen LogP contribution >= 0.6 is 0 Å². The molecule has 0 aliphatic heterocycles. The lowest BCUT2D eigenvalue weighted by atomic mass is 9.96. The molecule has 1 atom stereocenters. The Hall–Kier alpha value is -1.88. The Kier molecular flexibility index (Phi) is 6.67. The fourth-order valence-corrected chi connectivity index (χ4v) is 3.86. The fourth-order valence-electron chi connectivity index (χ4n) is 3.86. The van der Waals surface area contributed by atoms with Gasteiger partial charge >= 0.3 is 6.03 Å². The maximum Gasteiger partial charge on any atom is 0.321 e. The number of hydrogen-bond acceptors (Lipinski definition) is 3. The maximum atomic E-state index is 12.4. The Morgan fingerprint density at radius 3 is 2.42 bits per heavy atom. The topological polar surface area (TPSA) is 61.4 Å². The number of nitrogens with one attached hydrogen (secondary N) is 2. The zero-order valence-corrected chi connectivity index (χ0v) is 15.7. The number of carbonyl (C=O) groups is 2. The third-order valence-electron chi connectivity index (χ3n) is 5.65. The molecule has 3 rings (SSSR count). The third-order valence-corrected chi connectivity index (χ3v) is 5.65. The normalized spacial score (nSPS) is 19.2. The minimum Gasteiger partial charge on any atom is -0.335 e. The van der Waals surface area contributed by atoms with Crippen molar-refractivity contribution >= 4 is 11.9 Å². The van der Waals surface area contributed by atoms with Crippen LogP contribution in [0, 0.1) is 5.92 Å². The fraction of sp³-hybridized carbons (Fsp3) is 0.619. The first-order chi connectivity index (χ1) is 12.6. The lowest BCUT2D eigenvalue weighted by Crippen LogP contribution is -2.49. The summed E-state index contributed by atoms with van der Waals surface area (Å²) >= 11 is 0. The van der Waals surface area contributed by atoms with Gasteiger partial charge in [-0.2, -0.15) is 0 Å². The molecule has 5 nitrogen and oxygen atoms in total. The molecule has 2 aliphatic carbocycles. The number of rotatable bonds is 7. The first-order valence-electron chi connectivity index (χ1n) is 10.00. The van der Waals surface area contributed by atoms with Crippen LogP contribution in [0.4, 0.5) is 4.79 Å². The lowest BCUT2D eigenvalue weighted by Gasteiger charge is -2.29. The summed E-state index contributed by atoms with van der Waals surface area (Å²) in [6.07, 6.45) is 8.05. The Bertz CT molecular complexity index is 595. The average molecular weight is 357 g/mol. The van der Waals surface area contributed by atoms with Crippen LogP contribution in [0.2, 0.25) is 0 Å². The summed E-state index contributed by atoms with van der Waals surface area (Å²) in [5.41, 5.74) is 1.19. The molecule has 0 bridgehead atoms. The molecule has 26 heavy (non-hydrogen) atoms. The van der Waals surface area contributed by atoms with Gasteiger partial charge in [0.1, 0.15) is 0 Å². The Labute approximate surface area is 156 Å². The summed E-state index contributed by atoms with van der Waals surface area (Å²) in [7, 11) is 0. The smallest absolute Gasteiger partial charge is 0.321 e. The summed E-state index contributed by atoms with van der Waals surface area (Å²) in [6, 6.07) is 10.4. The van der Waals surface area contributed by atoms with Gasteiger partial charge in [0, 0.05) is 18.6 Å². The van der Waals surface area contributed by atoms with E-state index >= 15 is 0 Å². The summed E-state index contributed by atoms with van der Waals surface area (Å²) in [6.45, 7) is 3.18. The minimum absolute atomic E-state index is 0.211. The van der Waals surface area contributed by atoms with Crippen molar-refractivity contribution in [2.45, 2.75) is 70.5 Å². The molecule has 2 aliphatic rings. The van der Waals surface area contributed by atoms with Gasteiger partial charge in [0.2, 0.25) is 5.91 Å². The van der Waals surface area contributed by atoms with Crippen LogP contribution in [0.15, 0.2) is 30.3 Å². The van der Waals surface area contributed by atoms with Gasteiger partial charge in [0.25, 0.3) is 0 Å². The standard InChI is InChI=1S/C21H31N3O2/c1-16(18-12-13-18)24(14-17-8-4-2-5-9-17)15-20(25)23-21(26)22-19-10-6-3-7-11-19/h2,4-5,8-9,16,18-19H,3,6-7,10-15H2,1H3,(H2,22,23,25,26). The Morgan fingerprint density at radius 1 is 1.08 bits per heavy atom. The number of carbonyl (C=O) groups excluding carboxylic acids is 2. The minimum atomic E-state index is -0.347. The van der Waals surface area contributed by atoms with Gasteiger partial charge in [-0.15, -0.1) is 0 Å². The number of benzene rings is 1. The van der Waals surface area contributed by atoms with E-state index in [1.165, 1.54) is 24.8 Å². The van der Waals surface area contributed by atoms with Gasteiger partial charge in [0.05, 0.1) is 6.54 Å². The molecule has 1 aromatic carbocycles. The van der Waals surface area contributed by atoms with E-state index in [9.17, 15) is 9.59 Å². The highest BCUT2D eigenvalue weighted by molar-refractivity contribution is 5.95. The van der Waals surface area contributed by atoms with Crippen molar-refractivity contribution in [1.82, 2.24) is 15.5 Å². The third kappa shape index (κ3) is 5.84. The largest absolute Gasteiger partial charge is 0.335 e. The monoisotopic (exact) mass is 357 g/mol. The molecule has 142 valence electrons. The van der Waals surface area contributed by atoms with Crippen molar-refractivity contribution < 1.29 is 9.59 Å². The first kappa shape index (κ1) is 18.9. The van der Waals surface area contributed by atoms with E-state index in [1.807, 2.05) is 18.2 Å². The van der Waals surface area contributed by atoms with Gasteiger partial charge < -0.3 is 5.32 Å². The molecule has 3 amide bonds. The first-order valence-corrected chi connectivity index (χ1v) is 10.00. The van der Waals surface area contributed by atoms with Crippen LogP contribution in [0.3, 0.4) is 0 Å². The molecule has 0 spiro atoms. The molecule has 5 heteroatoms. The van der Waals surface area contributed by atoms with Gasteiger partial charge in [-0.3, -0.25) is 15.0 Å². The highest BCUT2D eigenvalue weighted by atomic mass is 16.2. The molecule has 1 aromatic rings. The van der Waals surface area contributed by atoms with Crippen molar-refractivity contribution in [1.29, 1.82) is 0 Å². The zero-order chi connectivity index (χ0) is 18.4. The maximum absolute atomic E-state index is 12.4. The summed E-state index contributed by atoms with van der Waals surface area (Å²) in [4.78, 5) is 26.7. The van der Waals surface area contributed by atoms with Crippen LogP contribution in [0.5, 0.6) is 0 Å². The van der Waals surface area contributed by atoms with E-state index in [0.717, 1.165) is 32.2 Å². The molecule has 0 radical (unpaired) electrons. The molecule has 0 aromatic heterocycles. The molecule has 1 unspecified atom stereocenters. The Morgan fingerprint density at radius 2 is 1.77 bits per heavy atom. The summed E-state index contributed by atoms with van der Waals surface area (Å²) in [5.74, 6) is 0.448. The van der Waals surface area contributed by atoms with Crippen LogP contribution in [0.1, 0.15) is 57.4 Å². The second kappa shape index (κ2) is 9.17. The molecule has 2 fully saturated rings.